The summed E-state index contributed by atoms with van der Waals surface area (Å²) in [6.07, 6.45) is 4.37. The zero-order chi connectivity index (χ0) is 15.9. The molecule has 1 aliphatic heterocycles. The highest BCUT2D eigenvalue weighted by Crippen LogP contribution is 2.54. The molecule has 1 saturated heterocycles. The number of nitro groups is 1. The number of carbonyl (C=O) groups is 1. The number of rotatable bonds is 3. The van der Waals surface area contributed by atoms with Gasteiger partial charge >= 0.3 is 5.97 Å². The lowest BCUT2D eigenvalue weighted by molar-refractivity contribution is -0.385. The molecule has 1 aliphatic carbocycles. The van der Waals surface area contributed by atoms with Crippen LogP contribution in [0.25, 0.3) is 0 Å². The minimum Gasteiger partial charge on any atom is -0.465 e. The molecule has 0 bridgehead atoms. The Labute approximate surface area is 127 Å². The first kappa shape index (κ1) is 14.7. The highest BCUT2D eigenvalue weighted by atomic mass is 19.1. The summed E-state index contributed by atoms with van der Waals surface area (Å²) < 4.78 is 18.8. The minimum absolute atomic E-state index is 0.222. The van der Waals surface area contributed by atoms with Gasteiger partial charge in [0.05, 0.1) is 23.8 Å². The first-order valence-corrected chi connectivity index (χ1v) is 7.27. The van der Waals surface area contributed by atoms with Gasteiger partial charge in [-0.2, -0.15) is 0 Å². The van der Waals surface area contributed by atoms with Gasteiger partial charge in [-0.25, -0.2) is 9.18 Å². The predicted octanol–water partition coefficient (Wildman–Crippen LogP) is 2.90. The molecule has 0 radical (unpaired) electrons. The van der Waals surface area contributed by atoms with Gasteiger partial charge < -0.3 is 9.64 Å². The maximum atomic E-state index is 14.2. The molecule has 0 unspecified atom stereocenters. The second kappa shape index (κ2) is 5.23. The summed E-state index contributed by atoms with van der Waals surface area (Å²) >= 11 is 0. The zero-order valence-electron chi connectivity index (χ0n) is 12.3. The fourth-order valence-electron chi connectivity index (χ4n) is 3.14. The van der Waals surface area contributed by atoms with Crippen LogP contribution in [-0.4, -0.2) is 31.1 Å². The van der Waals surface area contributed by atoms with E-state index in [1.165, 1.54) is 26.0 Å². The van der Waals surface area contributed by atoms with E-state index < -0.39 is 16.7 Å². The SMILES string of the molecule is COC(=O)c1c(F)cc([N+](=O)[O-])cc1N1CCC2(CC1)CC2. The molecule has 0 atom stereocenters. The molecular weight excluding hydrogens is 291 g/mol. The Morgan fingerprint density at radius 3 is 2.45 bits per heavy atom. The average molecular weight is 308 g/mol. The van der Waals surface area contributed by atoms with E-state index >= 15 is 0 Å². The topological polar surface area (TPSA) is 72.7 Å². The number of piperidine rings is 1. The molecule has 1 heterocycles. The predicted molar refractivity (Wildman–Crippen MR) is 77.5 cm³/mol. The lowest BCUT2D eigenvalue weighted by Gasteiger charge is -2.34. The first-order chi connectivity index (χ1) is 10.5. The normalized spacial score (nSPS) is 19.1. The second-order valence-electron chi connectivity index (χ2n) is 6.06. The molecule has 118 valence electrons. The van der Waals surface area contributed by atoms with E-state index in [0.29, 0.717) is 18.5 Å². The zero-order valence-corrected chi connectivity index (χ0v) is 12.3. The van der Waals surface area contributed by atoms with E-state index in [4.69, 9.17) is 0 Å². The summed E-state index contributed by atoms with van der Waals surface area (Å²) in [5.41, 5.74) is 0.0991. The highest BCUT2D eigenvalue weighted by Gasteiger charge is 2.45. The summed E-state index contributed by atoms with van der Waals surface area (Å²) in [4.78, 5) is 24.0. The molecule has 1 spiro atoms. The lowest BCUT2D eigenvalue weighted by atomic mass is 9.93. The Kier molecular flexibility index (Phi) is 3.50. The molecule has 7 heteroatoms. The number of non-ortho nitro benzene ring substituents is 1. The van der Waals surface area contributed by atoms with Gasteiger partial charge in [-0.1, -0.05) is 0 Å². The van der Waals surface area contributed by atoms with Crippen molar-refractivity contribution in [3.63, 3.8) is 0 Å². The summed E-state index contributed by atoms with van der Waals surface area (Å²) in [6.45, 7) is 1.34. The molecule has 3 rings (SSSR count). The smallest absolute Gasteiger partial charge is 0.342 e. The minimum atomic E-state index is -0.914. The summed E-state index contributed by atoms with van der Waals surface area (Å²) in [5, 5.41) is 11.0. The van der Waals surface area contributed by atoms with E-state index in [1.807, 2.05) is 4.90 Å². The van der Waals surface area contributed by atoms with Crippen LogP contribution in [-0.2, 0) is 4.74 Å². The van der Waals surface area contributed by atoms with E-state index in [0.717, 1.165) is 18.9 Å². The Balaban J connectivity index is 1.99. The number of hydrogen-bond donors (Lipinski definition) is 0. The molecule has 6 nitrogen and oxygen atoms in total. The van der Waals surface area contributed by atoms with Gasteiger partial charge in [-0.05, 0) is 31.1 Å². The van der Waals surface area contributed by atoms with Crippen LogP contribution in [0.3, 0.4) is 0 Å². The molecule has 1 aromatic rings. The van der Waals surface area contributed by atoms with Crippen molar-refractivity contribution in [2.75, 3.05) is 25.1 Å². The number of methoxy groups -OCH3 is 1. The van der Waals surface area contributed by atoms with Crippen LogP contribution in [0, 0.1) is 21.3 Å². The van der Waals surface area contributed by atoms with Crippen LogP contribution < -0.4 is 4.90 Å². The standard InChI is InChI=1S/C15H17FN2O4/c1-22-14(19)13-11(16)8-10(18(20)21)9-12(13)17-6-4-15(2-3-15)5-7-17/h8-9H,2-7H2,1H3. The highest BCUT2D eigenvalue weighted by molar-refractivity contribution is 5.96. The second-order valence-corrected chi connectivity index (χ2v) is 6.06. The van der Waals surface area contributed by atoms with Gasteiger partial charge in [0.1, 0.15) is 11.4 Å². The van der Waals surface area contributed by atoms with E-state index in [-0.39, 0.29) is 16.9 Å². The van der Waals surface area contributed by atoms with Crippen molar-refractivity contribution in [1.29, 1.82) is 0 Å². The van der Waals surface area contributed by atoms with Crippen molar-refractivity contribution >= 4 is 17.3 Å². The molecule has 1 aromatic carbocycles. The number of hydrogen-bond acceptors (Lipinski definition) is 5. The quantitative estimate of drug-likeness (QED) is 0.488. The molecule has 22 heavy (non-hydrogen) atoms. The van der Waals surface area contributed by atoms with Crippen LogP contribution >= 0.6 is 0 Å². The monoisotopic (exact) mass is 308 g/mol. The summed E-state index contributed by atoms with van der Waals surface area (Å²) in [7, 11) is 1.17. The molecular formula is C15H17FN2O4. The molecule has 2 fully saturated rings. The van der Waals surface area contributed by atoms with Crippen LogP contribution in [0.1, 0.15) is 36.0 Å². The number of nitro benzene ring substituents is 1. The Morgan fingerprint density at radius 1 is 1.32 bits per heavy atom. The maximum absolute atomic E-state index is 14.2. The number of esters is 1. The third kappa shape index (κ3) is 2.51. The van der Waals surface area contributed by atoms with Crippen molar-refractivity contribution in [2.45, 2.75) is 25.7 Å². The number of ether oxygens (including phenoxy) is 1. The average Bonchev–Trinajstić information content (AvgIpc) is 3.25. The number of nitrogens with zero attached hydrogens (tertiary/aromatic N) is 2. The van der Waals surface area contributed by atoms with Crippen LogP contribution in [0.5, 0.6) is 0 Å². The Morgan fingerprint density at radius 2 is 1.95 bits per heavy atom. The number of benzene rings is 1. The van der Waals surface area contributed by atoms with Crippen molar-refractivity contribution in [3.05, 3.63) is 33.6 Å². The number of carbonyl (C=O) groups excluding carboxylic acids is 1. The Bertz CT molecular complexity index is 633. The summed E-state index contributed by atoms with van der Waals surface area (Å²) in [5.74, 6) is -1.73. The van der Waals surface area contributed by atoms with Gasteiger partial charge in [0, 0.05) is 19.2 Å². The largest absolute Gasteiger partial charge is 0.465 e. The Hall–Kier alpha value is -2.18. The fraction of sp³-hybridized carbons (Fsp3) is 0.533. The van der Waals surface area contributed by atoms with Crippen LogP contribution in [0.15, 0.2) is 12.1 Å². The van der Waals surface area contributed by atoms with E-state index in [9.17, 15) is 19.3 Å². The van der Waals surface area contributed by atoms with E-state index in [1.54, 1.807) is 0 Å². The van der Waals surface area contributed by atoms with Gasteiger partial charge in [-0.3, -0.25) is 10.1 Å². The van der Waals surface area contributed by atoms with Gasteiger partial charge in [0.2, 0.25) is 0 Å². The van der Waals surface area contributed by atoms with Crippen LogP contribution in [0.4, 0.5) is 15.8 Å². The van der Waals surface area contributed by atoms with Gasteiger partial charge in [0.25, 0.3) is 5.69 Å². The molecule has 0 amide bonds. The molecule has 0 aromatic heterocycles. The third-order valence-corrected chi connectivity index (χ3v) is 4.78. The summed E-state index contributed by atoms with van der Waals surface area (Å²) in [6, 6.07) is 2.03. The number of anilines is 1. The van der Waals surface area contributed by atoms with Crippen molar-refractivity contribution in [2.24, 2.45) is 5.41 Å². The van der Waals surface area contributed by atoms with Gasteiger partial charge in [0.15, 0.2) is 0 Å². The van der Waals surface area contributed by atoms with Gasteiger partial charge in [-0.15, -0.1) is 0 Å². The van der Waals surface area contributed by atoms with Crippen molar-refractivity contribution < 1.29 is 18.8 Å². The maximum Gasteiger partial charge on any atom is 0.342 e. The fourth-order valence-corrected chi connectivity index (χ4v) is 3.14. The molecule has 2 aliphatic rings. The van der Waals surface area contributed by atoms with Crippen molar-refractivity contribution in [1.82, 2.24) is 0 Å². The lowest BCUT2D eigenvalue weighted by Crippen LogP contribution is -2.35. The van der Waals surface area contributed by atoms with Crippen LogP contribution in [0.2, 0.25) is 0 Å². The van der Waals surface area contributed by atoms with E-state index in [2.05, 4.69) is 4.74 Å². The molecule has 0 N–H and O–H groups in total. The number of halogens is 1. The first-order valence-electron chi connectivity index (χ1n) is 7.27. The molecule has 1 saturated carbocycles. The van der Waals surface area contributed by atoms with Crippen molar-refractivity contribution in [3.8, 4) is 0 Å². The third-order valence-electron chi connectivity index (χ3n) is 4.78.